The normalized spacial score (nSPS) is 10.8. The Hall–Kier alpha value is -1.42. The van der Waals surface area contributed by atoms with E-state index in [4.69, 9.17) is 5.11 Å². The first kappa shape index (κ1) is 13.6. The van der Waals surface area contributed by atoms with Gasteiger partial charge in [-0.3, -0.25) is 4.90 Å². The Morgan fingerprint density at radius 1 is 1.41 bits per heavy atom. The van der Waals surface area contributed by atoms with Crippen LogP contribution in [0.2, 0.25) is 0 Å². The molecule has 0 heterocycles. The highest BCUT2D eigenvalue weighted by molar-refractivity contribution is 5.88. The van der Waals surface area contributed by atoms with E-state index in [0.29, 0.717) is 12.1 Å². The molecular formula is C13H18FNO2. The number of halogens is 1. The van der Waals surface area contributed by atoms with Crippen molar-refractivity contribution in [1.29, 1.82) is 0 Å². The Bertz CT molecular complexity index is 393. The molecule has 3 nitrogen and oxygen atoms in total. The van der Waals surface area contributed by atoms with Crippen molar-refractivity contribution < 1.29 is 14.3 Å². The second kappa shape index (κ2) is 6.35. The molecule has 0 atom stereocenters. The summed E-state index contributed by atoms with van der Waals surface area (Å²) in [5, 5.41) is 8.83. The average Bonchev–Trinajstić information content (AvgIpc) is 2.30. The van der Waals surface area contributed by atoms with Crippen molar-refractivity contribution >= 4 is 5.97 Å². The van der Waals surface area contributed by atoms with Gasteiger partial charge >= 0.3 is 5.97 Å². The number of nitrogens with zero attached hydrogens (tertiary/aromatic N) is 1. The van der Waals surface area contributed by atoms with Gasteiger partial charge < -0.3 is 5.11 Å². The van der Waals surface area contributed by atoms with E-state index in [-0.39, 0.29) is 5.56 Å². The third-order valence-corrected chi connectivity index (χ3v) is 2.69. The van der Waals surface area contributed by atoms with E-state index in [1.165, 1.54) is 6.07 Å². The first-order valence-electron chi connectivity index (χ1n) is 5.83. The monoisotopic (exact) mass is 239 g/mol. The summed E-state index contributed by atoms with van der Waals surface area (Å²) in [5.74, 6) is -1.84. The van der Waals surface area contributed by atoms with Crippen LogP contribution in [0.1, 0.15) is 36.2 Å². The Morgan fingerprint density at radius 3 is 2.65 bits per heavy atom. The third kappa shape index (κ3) is 3.53. The van der Waals surface area contributed by atoms with Crippen LogP contribution in [0.15, 0.2) is 18.2 Å². The van der Waals surface area contributed by atoms with Gasteiger partial charge in [0.05, 0.1) is 5.56 Å². The third-order valence-electron chi connectivity index (χ3n) is 2.69. The van der Waals surface area contributed by atoms with Crippen LogP contribution in [0.3, 0.4) is 0 Å². The molecule has 1 rings (SSSR count). The van der Waals surface area contributed by atoms with Crippen molar-refractivity contribution in [3.05, 3.63) is 35.1 Å². The van der Waals surface area contributed by atoms with Crippen molar-refractivity contribution in [1.82, 2.24) is 4.90 Å². The molecular weight excluding hydrogens is 221 g/mol. The zero-order valence-corrected chi connectivity index (χ0v) is 10.2. The molecule has 0 spiro atoms. The van der Waals surface area contributed by atoms with E-state index in [9.17, 15) is 9.18 Å². The van der Waals surface area contributed by atoms with E-state index in [1.54, 1.807) is 12.1 Å². The minimum absolute atomic E-state index is 0.255. The Morgan fingerprint density at radius 2 is 2.12 bits per heavy atom. The Kier molecular flexibility index (Phi) is 5.10. The van der Waals surface area contributed by atoms with Crippen molar-refractivity contribution in [3.63, 3.8) is 0 Å². The highest BCUT2D eigenvalue weighted by Gasteiger charge is 2.15. The first-order chi connectivity index (χ1) is 8.10. The molecule has 0 aliphatic carbocycles. The predicted octanol–water partition coefficient (Wildman–Crippen LogP) is 2.76. The van der Waals surface area contributed by atoms with Gasteiger partial charge in [-0.15, -0.1) is 0 Å². The van der Waals surface area contributed by atoms with Gasteiger partial charge in [-0.25, -0.2) is 9.18 Å². The first-order valence-corrected chi connectivity index (χ1v) is 5.83. The summed E-state index contributed by atoms with van der Waals surface area (Å²) in [5.41, 5.74) is 0.190. The molecule has 94 valence electrons. The fraction of sp³-hybridized carbons (Fsp3) is 0.462. The number of hydrogen-bond donors (Lipinski definition) is 1. The quantitative estimate of drug-likeness (QED) is 0.829. The number of carbonyl (C=O) groups is 1. The Balaban J connectivity index is 2.91. The van der Waals surface area contributed by atoms with Crippen molar-refractivity contribution in [2.24, 2.45) is 0 Å². The van der Waals surface area contributed by atoms with E-state index in [2.05, 4.69) is 11.8 Å². The molecule has 0 aliphatic rings. The maximum Gasteiger partial charge on any atom is 0.338 e. The highest BCUT2D eigenvalue weighted by Crippen LogP contribution is 2.15. The van der Waals surface area contributed by atoms with E-state index >= 15 is 0 Å². The number of carboxylic acid groups (broad SMARTS) is 1. The lowest BCUT2D eigenvalue weighted by atomic mass is 10.1. The molecule has 0 fully saturated rings. The Labute approximate surface area is 101 Å². The predicted molar refractivity (Wildman–Crippen MR) is 64.6 cm³/mol. The van der Waals surface area contributed by atoms with E-state index in [1.807, 2.05) is 6.92 Å². The van der Waals surface area contributed by atoms with E-state index < -0.39 is 11.8 Å². The molecule has 17 heavy (non-hydrogen) atoms. The zero-order valence-electron chi connectivity index (χ0n) is 10.2. The molecule has 0 saturated carbocycles. The minimum Gasteiger partial charge on any atom is -0.478 e. The highest BCUT2D eigenvalue weighted by atomic mass is 19.1. The average molecular weight is 239 g/mol. The largest absolute Gasteiger partial charge is 0.478 e. The lowest BCUT2D eigenvalue weighted by Gasteiger charge is -2.20. The van der Waals surface area contributed by atoms with Crippen LogP contribution in [0.4, 0.5) is 4.39 Å². The van der Waals surface area contributed by atoms with E-state index in [0.717, 1.165) is 19.5 Å². The lowest BCUT2D eigenvalue weighted by molar-refractivity contribution is 0.0691. The standard InChI is InChI=1S/C13H18FNO2/c1-3-8-15(4-2)9-10-6-5-7-11(12(10)14)13(16)17/h5-7H,3-4,8-9H2,1-2H3,(H,16,17). The fourth-order valence-corrected chi connectivity index (χ4v) is 1.77. The molecule has 0 aromatic heterocycles. The summed E-state index contributed by atoms with van der Waals surface area (Å²) in [6.07, 6.45) is 0.994. The number of aromatic carboxylic acids is 1. The number of hydrogen-bond acceptors (Lipinski definition) is 2. The van der Waals surface area contributed by atoms with Crippen LogP contribution in [0.25, 0.3) is 0 Å². The summed E-state index contributed by atoms with van der Waals surface area (Å²) in [4.78, 5) is 12.9. The molecule has 0 bridgehead atoms. The second-order valence-corrected chi connectivity index (χ2v) is 3.95. The number of carboxylic acids is 1. The van der Waals surface area contributed by atoms with Gasteiger partial charge in [0.15, 0.2) is 0 Å². The summed E-state index contributed by atoms with van der Waals surface area (Å²) < 4.78 is 13.9. The number of rotatable bonds is 6. The smallest absolute Gasteiger partial charge is 0.338 e. The fourth-order valence-electron chi connectivity index (χ4n) is 1.77. The van der Waals surface area contributed by atoms with Crippen molar-refractivity contribution in [2.45, 2.75) is 26.8 Å². The van der Waals surface area contributed by atoms with Crippen LogP contribution in [-0.2, 0) is 6.54 Å². The van der Waals surface area contributed by atoms with Crippen LogP contribution >= 0.6 is 0 Å². The van der Waals surface area contributed by atoms with Crippen molar-refractivity contribution in [3.8, 4) is 0 Å². The molecule has 0 radical (unpaired) electrons. The maximum absolute atomic E-state index is 13.9. The van der Waals surface area contributed by atoms with Crippen LogP contribution in [0.5, 0.6) is 0 Å². The SMILES string of the molecule is CCCN(CC)Cc1cccc(C(=O)O)c1F. The van der Waals surface area contributed by atoms with Gasteiger partial charge in [0.1, 0.15) is 5.82 Å². The molecule has 1 aromatic rings. The number of benzene rings is 1. The molecule has 4 heteroatoms. The molecule has 1 N–H and O–H groups in total. The molecule has 0 aliphatic heterocycles. The van der Waals surface area contributed by atoms with Crippen LogP contribution < -0.4 is 0 Å². The van der Waals surface area contributed by atoms with Crippen molar-refractivity contribution in [2.75, 3.05) is 13.1 Å². The maximum atomic E-state index is 13.9. The van der Waals surface area contributed by atoms with Gasteiger partial charge in [0.25, 0.3) is 0 Å². The summed E-state index contributed by atoms with van der Waals surface area (Å²) >= 11 is 0. The topological polar surface area (TPSA) is 40.5 Å². The van der Waals surface area contributed by atoms with Gasteiger partial charge in [-0.1, -0.05) is 26.0 Å². The van der Waals surface area contributed by atoms with Crippen LogP contribution in [-0.4, -0.2) is 29.1 Å². The summed E-state index contributed by atoms with van der Waals surface area (Å²) in [6, 6.07) is 4.51. The van der Waals surface area contributed by atoms with Crippen LogP contribution in [0, 0.1) is 5.82 Å². The zero-order chi connectivity index (χ0) is 12.8. The molecule has 0 saturated heterocycles. The van der Waals surface area contributed by atoms with Gasteiger partial charge in [0.2, 0.25) is 0 Å². The van der Waals surface area contributed by atoms with Gasteiger partial charge in [-0.05, 0) is 25.6 Å². The molecule has 0 amide bonds. The molecule has 1 aromatic carbocycles. The van der Waals surface area contributed by atoms with Gasteiger partial charge in [0, 0.05) is 12.1 Å². The minimum atomic E-state index is -1.22. The molecule has 0 unspecified atom stereocenters. The second-order valence-electron chi connectivity index (χ2n) is 3.95. The summed E-state index contributed by atoms with van der Waals surface area (Å²) in [7, 11) is 0. The summed E-state index contributed by atoms with van der Waals surface area (Å²) in [6.45, 7) is 6.23. The lowest BCUT2D eigenvalue weighted by Crippen LogP contribution is -2.24. The van der Waals surface area contributed by atoms with Gasteiger partial charge in [-0.2, -0.15) is 0 Å².